The van der Waals surface area contributed by atoms with Crippen LogP contribution in [0.2, 0.25) is 19.6 Å². The molecular weight excluding hydrogens is 429 g/mol. The Morgan fingerprint density at radius 1 is 1.11 bits per heavy atom. The number of aliphatic carboxylic acids is 2. The second kappa shape index (κ2) is 9.24. The minimum atomic E-state index is -4.88. The summed E-state index contributed by atoms with van der Waals surface area (Å²) in [6, 6.07) is 0. The Balaban J connectivity index is 7.38. The number of carboxylic acid groups (broad SMARTS) is 2. The van der Waals surface area contributed by atoms with Gasteiger partial charge in [-0.25, -0.2) is 9.59 Å². The summed E-state index contributed by atoms with van der Waals surface area (Å²) in [7, 11) is -4.22. The molecule has 6 nitrogen and oxygen atoms in total. The van der Waals surface area contributed by atoms with Gasteiger partial charge in [0, 0.05) is 0 Å². The van der Waals surface area contributed by atoms with Crippen molar-refractivity contribution < 1.29 is 41.5 Å². The normalized spacial score (nSPS) is 17.1. The van der Waals surface area contributed by atoms with Gasteiger partial charge in [-0.3, -0.25) is 0 Å². The summed E-state index contributed by atoms with van der Waals surface area (Å²) in [5, 5.41) is 17.7. The van der Waals surface area contributed by atoms with Gasteiger partial charge < -0.3 is 18.8 Å². The third kappa shape index (κ3) is 6.54. The van der Waals surface area contributed by atoms with Crippen molar-refractivity contribution in [3.63, 3.8) is 0 Å². The van der Waals surface area contributed by atoms with Crippen molar-refractivity contribution in [1.82, 2.24) is 0 Å². The highest BCUT2D eigenvalue weighted by Gasteiger charge is 2.57. The van der Waals surface area contributed by atoms with Gasteiger partial charge in [-0.05, 0) is 31.0 Å². The fourth-order valence-electron chi connectivity index (χ4n) is 3.00. The summed E-state index contributed by atoms with van der Waals surface area (Å²) in [5.41, 5.74) is -3.01. The highest BCUT2D eigenvalue weighted by molar-refractivity contribution is 6.70. The summed E-state index contributed by atoms with van der Waals surface area (Å²) in [4.78, 5) is 24.0. The van der Waals surface area contributed by atoms with Crippen LogP contribution >= 0.6 is 0 Å². The van der Waals surface area contributed by atoms with E-state index in [1.165, 1.54) is 0 Å². The third-order valence-corrected chi connectivity index (χ3v) is 9.09. The lowest BCUT2D eigenvalue weighted by Crippen LogP contribution is -2.62. The van der Waals surface area contributed by atoms with Gasteiger partial charge in [0.05, 0.1) is 17.6 Å². The first-order valence-corrected chi connectivity index (χ1v) is 14.3. The molecule has 0 rings (SSSR count). The summed E-state index contributed by atoms with van der Waals surface area (Å²) < 4.78 is 51.1. The number of hydrogen-bond donors (Lipinski definition) is 2. The first-order chi connectivity index (χ1) is 12.3. The highest BCUT2D eigenvalue weighted by Crippen LogP contribution is 2.48. The lowest BCUT2D eigenvalue weighted by atomic mass is 9.71. The fraction of sp³-hybridized carbons (Fsp3) is 0.750. The molecule has 0 aliphatic carbocycles. The molecule has 0 spiro atoms. The minimum Gasteiger partial charge on any atom is -0.478 e. The molecule has 0 saturated carbocycles. The molecule has 2 N–H and O–H groups in total. The van der Waals surface area contributed by atoms with Crippen molar-refractivity contribution >= 4 is 40.5 Å². The van der Waals surface area contributed by atoms with Crippen molar-refractivity contribution in [1.29, 1.82) is 0 Å². The molecule has 28 heavy (non-hydrogen) atoms. The van der Waals surface area contributed by atoms with Crippen LogP contribution in [-0.4, -0.2) is 62.1 Å². The Kier molecular flexibility index (Phi) is 8.92. The van der Waals surface area contributed by atoms with E-state index in [0.717, 1.165) is 0 Å². The molecular formula is C16H31F3O6Si3. The summed E-state index contributed by atoms with van der Waals surface area (Å²) in [5.74, 6) is -3.86. The average Bonchev–Trinajstić information content (AvgIpc) is 2.42. The van der Waals surface area contributed by atoms with Gasteiger partial charge in [0.15, 0.2) is 18.1 Å². The lowest BCUT2D eigenvalue weighted by Gasteiger charge is -2.52. The smallest absolute Gasteiger partial charge is 0.393 e. The monoisotopic (exact) mass is 460 g/mol. The van der Waals surface area contributed by atoms with E-state index >= 15 is 0 Å². The van der Waals surface area contributed by atoms with Crippen LogP contribution in [0.15, 0.2) is 11.1 Å². The Morgan fingerprint density at radius 3 is 1.82 bits per heavy atom. The largest absolute Gasteiger partial charge is 0.478 e. The topological polar surface area (TPSA) is 93.1 Å². The molecule has 1 atom stereocenters. The van der Waals surface area contributed by atoms with Gasteiger partial charge in [-0.2, -0.15) is 13.2 Å². The van der Waals surface area contributed by atoms with Gasteiger partial charge in [-0.1, -0.05) is 27.7 Å². The molecule has 0 aromatic rings. The molecule has 12 heteroatoms. The van der Waals surface area contributed by atoms with E-state index < -0.39 is 64.4 Å². The second-order valence-corrected chi connectivity index (χ2v) is 16.6. The molecule has 164 valence electrons. The van der Waals surface area contributed by atoms with Crippen molar-refractivity contribution in [2.45, 2.75) is 65.2 Å². The first kappa shape index (κ1) is 27.0. The van der Waals surface area contributed by atoms with Gasteiger partial charge in [0.25, 0.3) is 0 Å². The number of hydrogen-bond acceptors (Lipinski definition) is 4. The van der Waals surface area contributed by atoms with Crippen LogP contribution < -0.4 is 0 Å². The Labute approximate surface area is 170 Å². The maximum atomic E-state index is 13.1. The van der Waals surface area contributed by atoms with Crippen molar-refractivity contribution in [3.8, 4) is 0 Å². The number of rotatable bonds is 10. The molecule has 0 aliphatic rings. The maximum Gasteiger partial charge on any atom is 0.393 e. The van der Waals surface area contributed by atoms with Crippen molar-refractivity contribution in [2.24, 2.45) is 11.3 Å². The summed E-state index contributed by atoms with van der Waals surface area (Å²) in [6.07, 6.45) is -6.74. The molecule has 0 fully saturated rings. The van der Waals surface area contributed by atoms with E-state index in [-0.39, 0.29) is 16.4 Å². The molecule has 1 unspecified atom stereocenters. The average molecular weight is 461 g/mol. The Hall–Kier alpha value is -0.959. The lowest BCUT2D eigenvalue weighted by molar-refractivity contribution is -0.145. The molecule has 0 saturated heterocycles. The highest BCUT2D eigenvalue weighted by atomic mass is 28.4. The number of halogens is 3. The summed E-state index contributed by atoms with van der Waals surface area (Å²) >= 11 is 0. The van der Waals surface area contributed by atoms with E-state index in [0.29, 0.717) is 0 Å². The van der Waals surface area contributed by atoms with Crippen molar-refractivity contribution in [3.05, 3.63) is 11.1 Å². The van der Waals surface area contributed by atoms with E-state index in [2.05, 4.69) is 0 Å². The quantitative estimate of drug-likeness (QED) is 0.383. The predicted octanol–water partition coefficient (Wildman–Crippen LogP) is 2.02. The second-order valence-electron chi connectivity index (χ2n) is 8.61. The van der Waals surface area contributed by atoms with Crippen LogP contribution in [0.5, 0.6) is 0 Å². The molecule has 0 aromatic heterocycles. The van der Waals surface area contributed by atoms with Crippen LogP contribution in [0.1, 0.15) is 34.1 Å². The molecule has 0 amide bonds. The molecule has 0 bridgehead atoms. The van der Waals surface area contributed by atoms with E-state index in [1.807, 2.05) is 0 Å². The SMILES string of the molecule is CC(C)C(C)(C)C(O[Si](C)(C)C)([SiH2]O[SiH3])/C(C(=O)O)=C(/CC(F)(F)F)C(=O)O. The first-order valence-electron chi connectivity index (χ1n) is 8.78. The molecule has 0 aromatic carbocycles. The van der Waals surface area contributed by atoms with E-state index in [4.69, 9.17) is 8.54 Å². The number of alkyl halides is 3. The Bertz CT molecular complexity index is 626. The fourth-order valence-corrected chi connectivity index (χ4v) is 8.86. The van der Waals surface area contributed by atoms with Gasteiger partial charge in [-0.15, -0.1) is 0 Å². The predicted molar refractivity (Wildman–Crippen MR) is 108 cm³/mol. The maximum absolute atomic E-state index is 13.1. The van der Waals surface area contributed by atoms with Crippen LogP contribution in [-0.2, 0) is 18.1 Å². The zero-order valence-corrected chi connectivity index (χ0v) is 22.1. The van der Waals surface area contributed by atoms with Crippen LogP contribution in [0.4, 0.5) is 13.2 Å². The van der Waals surface area contributed by atoms with Gasteiger partial charge >= 0.3 is 18.1 Å². The molecule has 0 aliphatic heterocycles. The third-order valence-electron chi connectivity index (χ3n) is 4.87. The Morgan fingerprint density at radius 2 is 1.57 bits per heavy atom. The van der Waals surface area contributed by atoms with Crippen LogP contribution in [0.25, 0.3) is 0 Å². The molecule has 0 heterocycles. The van der Waals surface area contributed by atoms with Crippen molar-refractivity contribution in [2.75, 3.05) is 0 Å². The van der Waals surface area contributed by atoms with Crippen LogP contribution in [0, 0.1) is 11.3 Å². The van der Waals surface area contributed by atoms with E-state index in [1.54, 1.807) is 47.3 Å². The van der Waals surface area contributed by atoms with Gasteiger partial charge in [0.1, 0.15) is 15.7 Å². The zero-order chi connectivity index (χ0) is 22.7. The number of carbonyl (C=O) groups is 2. The van der Waals surface area contributed by atoms with E-state index in [9.17, 15) is 33.0 Å². The zero-order valence-electron chi connectivity index (χ0n) is 17.7. The molecule has 0 radical (unpaired) electrons. The summed E-state index contributed by atoms with van der Waals surface area (Å²) in [6.45, 7) is 12.3. The van der Waals surface area contributed by atoms with Gasteiger partial charge in [0.2, 0.25) is 0 Å². The minimum absolute atomic E-state index is 0.219. The van der Waals surface area contributed by atoms with Crippen LogP contribution in [0.3, 0.4) is 0 Å². The number of carboxylic acids is 2. The standard InChI is InChI=1S/C16H31F3O6Si3/c1-9(2)14(3,4)16(27-25-26,24-28(5,6)7)11(13(22)23)10(12(20)21)8-15(17,18)19/h9H,8,27H2,1-7,26H3,(H,20,21)(H,22,23)/b11-10-.